The summed E-state index contributed by atoms with van der Waals surface area (Å²) in [5, 5.41) is 11.8. The summed E-state index contributed by atoms with van der Waals surface area (Å²) < 4.78 is 0.562. The number of thioether (sulfide) groups is 1. The Morgan fingerprint density at radius 1 is 1.32 bits per heavy atom. The Balaban J connectivity index is 2.18. The van der Waals surface area contributed by atoms with Gasteiger partial charge < -0.3 is 15.3 Å². The average Bonchev–Trinajstić information content (AvgIpc) is 2.41. The first kappa shape index (κ1) is 14.2. The summed E-state index contributed by atoms with van der Waals surface area (Å²) in [5.74, 6) is 0.760. The number of carboxylic acids is 1. The van der Waals surface area contributed by atoms with Gasteiger partial charge in [0, 0.05) is 29.1 Å². The molecule has 0 unspecified atom stereocenters. The molecule has 2 N–H and O–H groups in total. The zero-order chi connectivity index (χ0) is 13.8. The van der Waals surface area contributed by atoms with Gasteiger partial charge in [-0.3, -0.25) is 0 Å². The first-order valence-electron chi connectivity index (χ1n) is 5.75. The maximum absolute atomic E-state index is 12.1. The Kier molecular flexibility index (Phi) is 4.71. The van der Waals surface area contributed by atoms with Crippen molar-refractivity contribution in [3.05, 3.63) is 28.2 Å². The van der Waals surface area contributed by atoms with Crippen LogP contribution in [0.2, 0.25) is 0 Å². The summed E-state index contributed by atoms with van der Waals surface area (Å²) in [7, 11) is 0. The standard InChI is InChI=1S/C12H13BrN2O3S/c13-9-3-1-2-8(11(16)17)10(9)14-12(18)15-4-6-19-7-5-15/h1-3H,4-7H2,(H,14,18)(H,16,17). The summed E-state index contributed by atoms with van der Waals surface area (Å²) >= 11 is 5.08. The molecule has 0 bridgehead atoms. The molecule has 1 aromatic rings. The Morgan fingerprint density at radius 2 is 2.00 bits per heavy atom. The number of urea groups is 1. The van der Waals surface area contributed by atoms with Crippen LogP contribution in [0.5, 0.6) is 0 Å². The summed E-state index contributed by atoms with van der Waals surface area (Å²) in [4.78, 5) is 24.9. The number of para-hydroxylation sites is 1. The maximum Gasteiger partial charge on any atom is 0.337 e. The number of benzene rings is 1. The van der Waals surface area contributed by atoms with Crippen LogP contribution in [-0.4, -0.2) is 46.6 Å². The number of carboxylic acid groups (broad SMARTS) is 1. The number of hydrogen-bond donors (Lipinski definition) is 2. The third-order valence-corrected chi connectivity index (χ3v) is 4.38. The van der Waals surface area contributed by atoms with E-state index in [1.807, 2.05) is 11.8 Å². The number of nitrogens with zero attached hydrogens (tertiary/aromatic N) is 1. The number of aromatic carboxylic acids is 1. The van der Waals surface area contributed by atoms with Gasteiger partial charge in [0.15, 0.2) is 0 Å². The predicted octanol–water partition coefficient (Wildman–Crippen LogP) is 2.73. The molecule has 0 aromatic heterocycles. The van der Waals surface area contributed by atoms with Gasteiger partial charge in [-0.05, 0) is 28.1 Å². The number of carbonyl (C=O) groups is 2. The van der Waals surface area contributed by atoms with E-state index in [4.69, 9.17) is 5.11 Å². The van der Waals surface area contributed by atoms with E-state index >= 15 is 0 Å². The van der Waals surface area contributed by atoms with Gasteiger partial charge in [-0.2, -0.15) is 11.8 Å². The van der Waals surface area contributed by atoms with Crippen LogP contribution in [0, 0.1) is 0 Å². The first-order chi connectivity index (χ1) is 9.09. The molecule has 7 heteroatoms. The van der Waals surface area contributed by atoms with Gasteiger partial charge in [0.25, 0.3) is 0 Å². The Morgan fingerprint density at radius 3 is 2.63 bits per heavy atom. The number of rotatable bonds is 2. The van der Waals surface area contributed by atoms with Crippen LogP contribution >= 0.6 is 27.7 Å². The van der Waals surface area contributed by atoms with Gasteiger partial charge in [0.1, 0.15) is 0 Å². The summed E-state index contributed by atoms with van der Waals surface area (Å²) in [6.45, 7) is 1.37. The predicted molar refractivity (Wildman–Crippen MR) is 79.0 cm³/mol. The van der Waals surface area contributed by atoms with Crippen LogP contribution in [0.4, 0.5) is 10.5 Å². The fourth-order valence-electron chi connectivity index (χ4n) is 1.78. The van der Waals surface area contributed by atoms with Crippen LogP contribution in [-0.2, 0) is 0 Å². The minimum Gasteiger partial charge on any atom is -0.478 e. The number of amides is 2. The highest BCUT2D eigenvalue weighted by Crippen LogP contribution is 2.27. The highest BCUT2D eigenvalue weighted by molar-refractivity contribution is 9.10. The molecule has 19 heavy (non-hydrogen) atoms. The van der Waals surface area contributed by atoms with Crippen molar-refractivity contribution in [3.63, 3.8) is 0 Å². The number of halogens is 1. The molecular formula is C12H13BrN2O3S. The Hall–Kier alpha value is -1.21. The Labute approximate surface area is 123 Å². The van der Waals surface area contributed by atoms with E-state index in [0.717, 1.165) is 11.5 Å². The van der Waals surface area contributed by atoms with E-state index in [9.17, 15) is 9.59 Å². The monoisotopic (exact) mass is 344 g/mol. The molecule has 5 nitrogen and oxygen atoms in total. The molecule has 1 saturated heterocycles. The lowest BCUT2D eigenvalue weighted by Gasteiger charge is -2.27. The van der Waals surface area contributed by atoms with Crippen molar-refractivity contribution in [2.75, 3.05) is 29.9 Å². The lowest BCUT2D eigenvalue weighted by molar-refractivity contribution is 0.0698. The zero-order valence-corrected chi connectivity index (χ0v) is 12.5. The second-order valence-electron chi connectivity index (χ2n) is 4.00. The normalized spacial score (nSPS) is 15.1. The second-order valence-corrected chi connectivity index (χ2v) is 6.08. The van der Waals surface area contributed by atoms with Gasteiger partial charge in [-0.25, -0.2) is 9.59 Å². The van der Waals surface area contributed by atoms with E-state index in [1.54, 1.807) is 17.0 Å². The van der Waals surface area contributed by atoms with E-state index in [1.165, 1.54) is 6.07 Å². The lowest BCUT2D eigenvalue weighted by Crippen LogP contribution is -2.41. The topological polar surface area (TPSA) is 69.6 Å². The van der Waals surface area contributed by atoms with Crippen molar-refractivity contribution in [2.24, 2.45) is 0 Å². The van der Waals surface area contributed by atoms with Gasteiger partial charge in [0.2, 0.25) is 0 Å². The van der Waals surface area contributed by atoms with Crippen molar-refractivity contribution in [2.45, 2.75) is 0 Å². The average molecular weight is 345 g/mol. The van der Waals surface area contributed by atoms with Crippen LogP contribution in [0.3, 0.4) is 0 Å². The first-order valence-corrected chi connectivity index (χ1v) is 7.70. The van der Waals surface area contributed by atoms with E-state index < -0.39 is 5.97 Å². The smallest absolute Gasteiger partial charge is 0.337 e. The summed E-state index contributed by atoms with van der Waals surface area (Å²) in [5.41, 5.74) is 0.382. The molecule has 1 fully saturated rings. The molecule has 0 radical (unpaired) electrons. The molecule has 102 valence electrons. The largest absolute Gasteiger partial charge is 0.478 e. The SMILES string of the molecule is O=C(O)c1cccc(Br)c1NC(=O)N1CCSCC1. The van der Waals surface area contributed by atoms with Gasteiger partial charge in [-0.1, -0.05) is 6.07 Å². The van der Waals surface area contributed by atoms with Crippen LogP contribution in [0.15, 0.2) is 22.7 Å². The lowest BCUT2D eigenvalue weighted by atomic mass is 10.2. The molecule has 1 heterocycles. The highest BCUT2D eigenvalue weighted by atomic mass is 79.9. The minimum absolute atomic E-state index is 0.0779. The van der Waals surface area contributed by atoms with Crippen LogP contribution < -0.4 is 5.32 Å². The molecule has 1 aromatic carbocycles. The van der Waals surface area contributed by atoms with Crippen molar-refractivity contribution in [1.82, 2.24) is 4.90 Å². The molecule has 1 aliphatic rings. The quantitative estimate of drug-likeness (QED) is 0.865. The molecule has 2 amide bonds. The Bertz CT molecular complexity index is 504. The van der Waals surface area contributed by atoms with E-state index in [0.29, 0.717) is 23.2 Å². The van der Waals surface area contributed by atoms with Gasteiger partial charge >= 0.3 is 12.0 Å². The van der Waals surface area contributed by atoms with Gasteiger partial charge in [-0.15, -0.1) is 0 Å². The van der Waals surface area contributed by atoms with Crippen molar-refractivity contribution in [1.29, 1.82) is 0 Å². The van der Waals surface area contributed by atoms with Crippen molar-refractivity contribution in [3.8, 4) is 0 Å². The number of anilines is 1. The number of carbonyl (C=O) groups excluding carboxylic acids is 1. The van der Waals surface area contributed by atoms with Crippen molar-refractivity contribution >= 4 is 45.4 Å². The van der Waals surface area contributed by atoms with E-state index in [2.05, 4.69) is 21.2 Å². The van der Waals surface area contributed by atoms with E-state index in [-0.39, 0.29) is 11.6 Å². The molecule has 2 rings (SSSR count). The number of nitrogens with one attached hydrogen (secondary N) is 1. The minimum atomic E-state index is -1.06. The van der Waals surface area contributed by atoms with Gasteiger partial charge in [0.05, 0.1) is 11.3 Å². The van der Waals surface area contributed by atoms with Crippen LogP contribution in [0.1, 0.15) is 10.4 Å². The van der Waals surface area contributed by atoms with Crippen LogP contribution in [0.25, 0.3) is 0 Å². The third kappa shape index (κ3) is 3.42. The molecule has 0 atom stereocenters. The maximum atomic E-state index is 12.1. The molecule has 1 aliphatic heterocycles. The second kappa shape index (κ2) is 6.29. The third-order valence-electron chi connectivity index (χ3n) is 2.77. The highest BCUT2D eigenvalue weighted by Gasteiger charge is 2.20. The molecule has 0 saturated carbocycles. The fraction of sp³-hybridized carbons (Fsp3) is 0.333. The molecule has 0 aliphatic carbocycles. The summed E-state index contributed by atoms with van der Waals surface area (Å²) in [6.07, 6.45) is 0. The fourth-order valence-corrected chi connectivity index (χ4v) is 3.15. The summed E-state index contributed by atoms with van der Waals surface area (Å²) in [6, 6.07) is 4.54. The molecular weight excluding hydrogens is 332 g/mol. The molecule has 0 spiro atoms. The van der Waals surface area contributed by atoms with Crippen molar-refractivity contribution < 1.29 is 14.7 Å². The number of hydrogen-bond acceptors (Lipinski definition) is 3. The zero-order valence-electron chi connectivity index (χ0n) is 10.1.